The molecule has 3 aromatic rings. The first-order valence-electron chi connectivity index (χ1n) is 11.1. The molecule has 1 fully saturated rings. The van der Waals surface area contributed by atoms with Crippen LogP contribution in [0.15, 0.2) is 66.5 Å². The number of hydrogen-bond acceptors (Lipinski definition) is 7. The van der Waals surface area contributed by atoms with Crippen LogP contribution in [0.3, 0.4) is 0 Å². The number of aliphatic hydroxyl groups excluding tert-OH is 1. The van der Waals surface area contributed by atoms with E-state index < -0.39 is 17.7 Å². The molecule has 2 heterocycles. The highest BCUT2D eigenvalue weighted by Crippen LogP contribution is 2.43. The van der Waals surface area contributed by atoms with E-state index >= 15 is 0 Å². The van der Waals surface area contributed by atoms with E-state index in [4.69, 9.17) is 21.1 Å². The number of hydrogen-bond donors (Lipinski definition) is 1. The lowest BCUT2D eigenvalue weighted by atomic mass is 9.94. The van der Waals surface area contributed by atoms with Gasteiger partial charge in [-0.2, -0.15) is 0 Å². The van der Waals surface area contributed by atoms with Crippen LogP contribution in [0.4, 0.5) is 5.69 Å². The lowest BCUT2D eigenvalue weighted by Crippen LogP contribution is -2.29. The van der Waals surface area contributed by atoms with Gasteiger partial charge >= 0.3 is 0 Å². The summed E-state index contributed by atoms with van der Waals surface area (Å²) in [5, 5.41) is 11.8. The van der Waals surface area contributed by atoms with Gasteiger partial charge in [0.25, 0.3) is 11.7 Å². The summed E-state index contributed by atoms with van der Waals surface area (Å²) in [7, 11) is 6.71. The molecule has 36 heavy (non-hydrogen) atoms. The Morgan fingerprint density at radius 2 is 1.67 bits per heavy atom. The maximum absolute atomic E-state index is 13.4. The highest BCUT2D eigenvalue weighted by atomic mass is 35.5. The predicted molar refractivity (Wildman–Crippen MR) is 137 cm³/mol. The molecule has 1 saturated heterocycles. The highest BCUT2D eigenvalue weighted by molar-refractivity contribution is 6.46. The third-order valence-corrected chi connectivity index (χ3v) is 6.39. The minimum Gasteiger partial charge on any atom is -0.507 e. The van der Waals surface area contributed by atoms with Crippen molar-refractivity contribution in [2.45, 2.75) is 12.6 Å². The van der Waals surface area contributed by atoms with Crippen LogP contribution < -0.4 is 14.4 Å². The van der Waals surface area contributed by atoms with E-state index in [0.717, 1.165) is 11.3 Å². The van der Waals surface area contributed by atoms with Crippen molar-refractivity contribution in [2.75, 3.05) is 33.2 Å². The fourth-order valence-corrected chi connectivity index (χ4v) is 4.45. The second-order valence-electron chi connectivity index (χ2n) is 8.46. The number of carbonyl (C=O) groups excluding carboxylic acids is 2. The number of amides is 1. The Bertz CT molecular complexity index is 1320. The van der Waals surface area contributed by atoms with E-state index in [2.05, 4.69) is 4.98 Å². The number of carbonyl (C=O) groups is 2. The van der Waals surface area contributed by atoms with E-state index in [1.165, 1.54) is 31.3 Å². The molecular formula is C27H26ClN3O5. The first kappa shape index (κ1) is 25.1. The highest BCUT2D eigenvalue weighted by Gasteiger charge is 2.46. The number of nitrogens with zero attached hydrogens (tertiary/aromatic N) is 3. The van der Waals surface area contributed by atoms with Crippen molar-refractivity contribution in [3.05, 3.63) is 88.2 Å². The average Bonchev–Trinajstić information content (AvgIpc) is 3.13. The number of halogens is 1. The first-order valence-corrected chi connectivity index (χ1v) is 11.5. The fraction of sp³-hybridized carbons (Fsp3) is 0.222. The quantitative estimate of drug-likeness (QED) is 0.287. The Kier molecular flexibility index (Phi) is 7.17. The summed E-state index contributed by atoms with van der Waals surface area (Å²) >= 11 is 6.23. The minimum atomic E-state index is -0.833. The van der Waals surface area contributed by atoms with Crippen molar-refractivity contribution >= 4 is 34.7 Å². The Balaban J connectivity index is 1.92. The summed E-state index contributed by atoms with van der Waals surface area (Å²) < 4.78 is 10.7. The van der Waals surface area contributed by atoms with Crippen LogP contribution in [-0.2, 0) is 16.1 Å². The standard InChI is InChI=1S/C27H26ClN3O5/c1-30(2)18-7-5-17(6-8-18)24-23(25(32)19-13-22(36-4)20(28)14-21(19)35-3)26(33)27(34)31(24)15-16-9-11-29-12-10-16/h5-14,24,32H,15H2,1-4H3/b25-23+. The Hall–Kier alpha value is -4.04. The Morgan fingerprint density at radius 3 is 2.25 bits per heavy atom. The van der Waals surface area contributed by atoms with Gasteiger partial charge in [-0.1, -0.05) is 23.7 Å². The number of methoxy groups -OCH3 is 2. The number of ketones is 1. The van der Waals surface area contributed by atoms with Crippen molar-refractivity contribution in [2.24, 2.45) is 0 Å². The van der Waals surface area contributed by atoms with Gasteiger partial charge < -0.3 is 24.4 Å². The topological polar surface area (TPSA) is 92.2 Å². The van der Waals surface area contributed by atoms with Crippen molar-refractivity contribution in [3.63, 3.8) is 0 Å². The second kappa shape index (κ2) is 10.3. The molecular weight excluding hydrogens is 482 g/mol. The second-order valence-corrected chi connectivity index (χ2v) is 8.86. The zero-order valence-electron chi connectivity index (χ0n) is 20.4. The third-order valence-electron chi connectivity index (χ3n) is 6.10. The zero-order chi connectivity index (χ0) is 26.0. The zero-order valence-corrected chi connectivity index (χ0v) is 21.1. The normalized spacial score (nSPS) is 16.8. The van der Waals surface area contributed by atoms with Crippen molar-refractivity contribution in [1.29, 1.82) is 0 Å². The lowest BCUT2D eigenvalue weighted by molar-refractivity contribution is -0.140. The molecule has 1 aliphatic rings. The molecule has 0 radical (unpaired) electrons. The number of benzene rings is 2. The van der Waals surface area contributed by atoms with E-state index in [1.54, 1.807) is 24.5 Å². The van der Waals surface area contributed by atoms with Gasteiger partial charge in [0.2, 0.25) is 0 Å². The number of ether oxygens (including phenoxy) is 2. The van der Waals surface area contributed by atoms with Crippen molar-refractivity contribution in [1.82, 2.24) is 9.88 Å². The molecule has 186 valence electrons. The molecule has 1 unspecified atom stereocenters. The molecule has 1 aliphatic heterocycles. The van der Waals surface area contributed by atoms with E-state index in [0.29, 0.717) is 5.56 Å². The Morgan fingerprint density at radius 1 is 1.03 bits per heavy atom. The van der Waals surface area contributed by atoms with Crippen LogP contribution in [0, 0.1) is 0 Å². The van der Waals surface area contributed by atoms with Gasteiger partial charge in [0.1, 0.15) is 17.3 Å². The van der Waals surface area contributed by atoms with E-state index in [-0.39, 0.29) is 40.0 Å². The molecule has 8 nitrogen and oxygen atoms in total. The Labute approximate surface area is 214 Å². The summed E-state index contributed by atoms with van der Waals surface area (Å²) in [6.07, 6.45) is 3.25. The van der Waals surface area contributed by atoms with E-state index in [1.807, 2.05) is 43.3 Å². The van der Waals surface area contributed by atoms with Crippen LogP contribution in [0.2, 0.25) is 5.02 Å². The molecule has 0 aliphatic carbocycles. The molecule has 1 atom stereocenters. The molecule has 4 rings (SSSR count). The minimum absolute atomic E-state index is 0.0469. The summed E-state index contributed by atoms with van der Waals surface area (Å²) in [5.41, 5.74) is 2.57. The molecule has 1 N–H and O–H groups in total. The monoisotopic (exact) mass is 507 g/mol. The van der Waals surface area contributed by atoms with Crippen LogP contribution in [-0.4, -0.2) is 55.0 Å². The number of rotatable bonds is 7. The number of aromatic nitrogens is 1. The molecule has 9 heteroatoms. The maximum atomic E-state index is 13.4. The van der Waals surface area contributed by atoms with Gasteiger partial charge in [0.15, 0.2) is 0 Å². The van der Waals surface area contributed by atoms with Crippen LogP contribution >= 0.6 is 11.6 Å². The number of anilines is 1. The third kappa shape index (κ3) is 4.59. The van der Waals surface area contributed by atoms with Crippen molar-refractivity contribution in [3.8, 4) is 11.5 Å². The van der Waals surface area contributed by atoms with Gasteiger partial charge in [0, 0.05) is 44.8 Å². The van der Waals surface area contributed by atoms with E-state index in [9.17, 15) is 14.7 Å². The lowest BCUT2D eigenvalue weighted by Gasteiger charge is -2.26. The largest absolute Gasteiger partial charge is 0.507 e. The number of pyridine rings is 1. The molecule has 1 amide bonds. The van der Waals surface area contributed by atoms with Gasteiger partial charge in [-0.15, -0.1) is 0 Å². The summed E-state index contributed by atoms with van der Waals surface area (Å²) in [6.45, 7) is 0.158. The molecule has 1 aromatic heterocycles. The first-order chi connectivity index (χ1) is 17.3. The average molecular weight is 508 g/mol. The predicted octanol–water partition coefficient (Wildman–Crippen LogP) is 4.44. The molecule has 0 saturated carbocycles. The van der Waals surface area contributed by atoms with Crippen LogP contribution in [0.5, 0.6) is 11.5 Å². The molecule has 2 aromatic carbocycles. The van der Waals surface area contributed by atoms with Crippen LogP contribution in [0.25, 0.3) is 5.76 Å². The smallest absolute Gasteiger partial charge is 0.295 e. The van der Waals surface area contributed by atoms with Gasteiger partial charge in [-0.3, -0.25) is 14.6 Å². The number of Topliss-reactive ketones (excluding diaryl/α,β-unsaturated/α-hetero) is 1. The SMILES string of the molecule is COc1cc(/C(O)=C2\C(=O)C(=O)N(Cc3ccncc3)C2c2ccc(N(C)C)cc2)c(OC)cc1Cl. The summed E-state index contributed by atoms with van der Waals surface area (Å²) in [4.78, 5) is 34.1. The summed E-state index contributed by atoms with van der Waals surface area (Å²) in [5.74, 6) is -1.36. The molecule has 0 spiro atoms. The van der Waals surface area contributed by atoms with Gasteiger partial charge in [-0.05, 0) is 41.5 Å². The van der Waals surface area contributed by atoms with Crippen LogP contribution in [0.1, 0.15) is 22.7 Å². The maximum Gasteiger partial charge on any atom is 0.295 e. The van der Waals surface area contributed by atoms with Gasteiger partial charge in [-0.25, -0.2) is 0 Å². The molecule has 0 bridgehead atoms. The fourth-order valence-electron chi connectivity index (χ4n) is 4.22. The van der Waals surface area contributed by atoms with Crippen molar-refractivity contribution < 1.29 is 24.2 Å². The number of likely N-dealkylation sites (tertiary alicyclic amines) is 1. The summed E-state index contributed by atoms with van der Waals surface area (Å²) in [6, 6.07) is 13.2. The number of aliphatic hydroxyl groups is 1. The van der Waals surface area contributed by atoms with Gasteiger partial charge in [0.05, 0.1) is 36.4 Å².